The Kier molecular flexibility index (Phi) is 2.63. The van der Waals surface area contributed by atoms with Gasteiger partial charge in [-0.2, -0.15) is 4.98 Å². The molecule has 0 unspecified atom stereocenters. The summed E-state index contributed by atoms with van der Waals surface area (Å²) in [6.07, 6.45) is 0. The normalized spacial score (nSPS) is 11.1. The smallest absolute Gasteiger partial charge is 0.278 e. The van der Waals surface area contributed by atoms with Gasteiger partial charge in [0.05, 0.1) is 0 Å². The molecule has 4 N–H and O–H groups in total. The van der Waals surface area contributed by atoms with E-state index in [1.54, 1.807) is 0 Å². The minimum absolute atomic E-state index is 0.0565. The van der Waals surface area contributed by atoms with Gasteiger partial charge in [0.15, 0.2) is 11.2 Å². The average molecular weight is 320 g/mol. The molecule has 0 radical (unpaired) electrons. The Hall–Kier alpha value is -2.15. The molecule has 1 aromatic carbocycles. The first-order valence-electron chi connectivity index (χ1n) is 5.56. The summed E-state index contributed by atoms with van der Waals surface area (Å²) >= 11 is 3.43. The van der Waals surface area contributed by atoms with E-state index in [0.29, 0.717) is 17.0 Å². The van der Waals surface area contributed by atoms with Gasteiger partial charge in [0, 0.05) is 10.0 Å². The molecule has 2 heterocycles. The van der Waals surface area contributed by atoms with E-state index >= 15 is 0 Å². The number of aromatic nitrogens is 4. The van der Waals surface area contributed by atoms with E-state index in [9.17, 15) is 4.79 Å². The number of rotatable bonds is 1. The predicted octanol–water partition coefficient (Wildman–Crippen LogP) is 1.97. The van der Waals surface area contributed by atoms with E-state index in [2.05, 4.69) is 35.9 Å². The maximum Gasteiger partial charge on any atom is 0.278 e. The van der Waals surface area contributed by atoms with Gasteiger partial charge in [-0.25, -0.2) is 4.98 Å². The Bertz CT molecular complexity index is 815. The number of aromatic amines is 2. The van der Waals surface area contributed by atoms with Crippen LogP contribution in [0.15, 0.2) is 27.5 Å². The van der Waals surface area contributed by atoms with Crippen molar-refractivity contribution in [2.45, 2.75) is 6.92 Å². The zero-order valence-electron chi connectivity index (χ0n) is 9.99. The van der Waals surface area contributed by atoms with Gasteiger partial charge in [-0.1, -0.05) is 15.9 Å². The van der Waals surface area contributed by atoms with Crippen molar-refractivity contribution in [3.05, 3.63) is 38.6 Å². The lowest BCUT2D eigenvalue weighted by Crippen LogP contribution is -2.10. The van der Waals surface area contributed by atoms with Gasteiger partial charge in [0.2, 0.25) is 5.95 Å². The predicted molar refractivity (Wildman–Crippen MR) is 76.8 cm³/mol. The Morgan fingerprint density at radius 3 is 2.74 bits per heavy atom. The molecule has 0 spiro atoms. The largest absolute Gasteiger partial charge is 0.369 e. The highest BCUT2D eigenvalue weighted by atomic mass is 79.9. The molecule has 19 heavy (non-hydrogen) atoms. The highest BCUT2D eigenvalue weighted by Gasteiger charge is 2.10. The van der Waals surface area contributed by atoms with E-state index in [1.807, 2.05) is 25.1 Å². The second kappa shape index (κ2) is 4.20. The summed E-state index contributed by atoms with van der Waals surface area (Å²) in [5.74, 6) is 0.643. The molecule has 3 aromatic rings. The molecule has 96 valence electrons. The fraction of sp³-hybridized carbons (Fsp3) is 0.0833. The second-order valence-electron chi connectivity index (χ2n) is 4.25. The molecule has 0 aliphatic heterocycles. The summed E-state index contributed by atoms with van der Waals surface area (Å²) in [6, 6.07) is 5.89. The highest BCUT2D eigenvalue weighted by Crippen LogP contribution is 2.23. The molecule has 3 rings (SSSR count). The number of aryl methyl sites for hydroxylation is 1. The van der Waals surface area contributed by atoms with Gasteiger partial charge in [-0.3, -0.25) is 9.78 Å². The number of H-pyrrole nitrogens is 2. The lowest BCUT2D eigenvalue weighted by atomic mass is 10.1. The summed E-state index contributed by atoms with van der Waals surface area (Å²) < 4.78 is 0.948. The van der Waals surface area contributed by atoms with Crippen LogP contribution in [0.25, 0.3) is 22.6 Å². The van der Waals surface area contributed by atoms with E-state index in [4.69, 9.17) is 5.73 Å². The zero-order chi connectivity index (χ0) is 13.6. The first-order chi connectivity index (χ1) is 9.02. The molecule has 0 bridgehead atoms. The lowest BCUT2D eigenvalue weighted by Gasteiger charge is -2.00. The number of nitrogens with one attached hydrogen (secondary N) is 2. The third-order valence-corrected chi connectivity index (χ3v) is 3.15. The van der Waals surface area contributed by atoms with Crippen molar-refractivity contribution in [3.63, 3.8) is 0 Å². The van der Waals surface area contributed by atoms with Gasteiger partial charge in [-0.15, -0.1) is 0 Å². The molecule has 0 amide bonds. The van der Waals surface area contributed by atoms with Crippen molar-refractivity contribution in [1.82, 2.24) is 19.9 Å². The van der Waals surface area contributed by atoms with Gasteiger partial charge in [-0.05, 0) is 30.7 Å². The maximum atomic E-state index is 11.7. The van der Waals surface area contributed by atoms with Crippen molar-refractivity contribution in [2.75, 3.05) is 5.73 Å². The van der Waals surface area contributed by atoms with Gasteiger partial charge in [0.1, 0.15) is 5.82 Å². The molecule has 7 heteroatoms. The SMILES string of the molecule is Cc1cc(Br)cc(-c2nc3nc(N)[nH]c(=O)c3[nH]2)c1. The minimum Gasteiger partial charge on any atom is -0.369 e. The second-order valence-corrected chi connectivity index (χ2v) is 5.17. The maximum absolute atomic E-state index is 11.7. The van der Waals surface area contributed by atoms with Crippen LogP contribution < -0.4 is 11.3 Å². The highest BCUT2D eigenvalue weighted by molar-refractivity contribution is 9.10. The molecular formula is C12H10BrN5O. The molecule has 2 aromatic heterocycles. The third-order valence-electron chi connectivity index (χ3n) is 2.70. The molecule has 0 fully saturated rings. The quantitative estimate of drug-likeness (QED) is 0.638. The first-order valence-corrected chi connectivity index (χ1v) is 6.35. The first kappa shape index (κ1) is 11.9. The van der Waals surface area contributed by atoms with E-state index < -0.39 is 0 Å². The topological polar surface area (TPSA) is 100 Å². The summed E-state index contributed by atoms with van der Waals surface area (Å²) in [7, 11) is 0. The Morgan fingerprint density at radius 1 is 1.21 bits per heavy atom. The lowest BCUT2D eigenvalue weighted by molar-refractivity contribution is 1.17. The zero-order valence-corrected chi connectivity index (χ0v) is 11.6. The number of halogens is 1. The van der Waals surface area contributed by atoms with Crippen molar-refractivity contribution in [2.24, 2.45) is 0 Å². The number of fused-ring (bicyclic) bond motifs is 1. The third kappa shape index (κ3) is 2.12. The summed E-state index contributed by atoms with van der Waals surface area (Å²) in [4.78, 5) is 25.4. The Balaban J connectivity index is 2.26. The van der Waals surface area contributed by atoms with Gasteiger partial charge < -0.3 is 10.7 Å². The fourth-order valence-corrected chi connectivity index (χ4v) is 2.54. The number of hydrogen-bond acceptors (Lipinski definition) is 4. The summed E-state index contributed by atoms with van der Waals surface area (Å²) in [5, 5.41) is 0. The molecule has 0 aliphatic carbocycles. The van der Waals surface area contributed by atoms with Crippen molar-refractivity contribution < 1.29 is 0 Å². The van der Waals surface area contributed by atoms with Crippen LogP contribution in [-0.4, -0.2) is 19.9 Å². The number of benzene rings is 1. The van der Waals surface area contributed by atoms with Crippen LogP contribution in [0.1, 0.15) is 5.56 Å². The van der Waals surface area contributed by atoms with Crippen LogP contribution in [-0.2, 0) is 0 Å². The van der Waals surface area contributed by atoms with Crippen molar-refractivity contribution in [1.29, 1.82) is 0 Å². The van der Waals surface area contributed by atoms with Crippen LogP contribution in [0.2, 0.25) is 0 Å². The van der Waals surface area contributed by atoms with Crippen LogP contribution >= 0.6 is 15.9 Å². The fourth-order valence-electron chi connectivity index (χ4n) is 1.93. The Labute approximate surface area is 116 Å². The van der Waals surface area contributed by atoms with Crippen LogP contribution in [0.3, 0.4) is 0 Å². The standard InChI is InChI=1S/C12H10BrN5O/c1-5-2-6(4-7(13)3-5)9-15-8-10(16-9)17-12(14)18-11(8)19/h2-4H,1H3,(H4,14,15,16,17,18,19). The number of anilines is 1. The van der Waals surface area contributed by atoms with Gasteiger partial charge >= 0.3 is 0 Å². The molecule has 0 aliphatic rings. The number of nitrogen functional groups attached to an aromatic ring is 1. The van der Waals surface area contributed by atoms with E-state index in [-0.39, 0.29) is 11.5 Å². The van der Waals surface area contributed by atoms with Crippen LogP contribution in [0.5, 0.6) is 0 Å². The molecular weight excluding hydrogens is 310 g/mol. The molecule has 0 saturated carbocycles. The minimum atomic E-state index is -0.326. The number of hydrogen-bond donors (Lipinski definition) is 3. The average Bonchev–Trinajstić information content (AvgIpc) is 2.71. The Morgan fingerprint density at radius 2 is 2.00 bits per heavy atom. The number of imidazole rings is 1. The monoisotopic (exact) mass is 319 g/mol. The number of nitrogens with zero attached hydrogens (tertiary/aromatic N) is 2. The van der Waals surface area contributed by atoms with E-state index in [1.165, 1.54) is 0 Å². The molecule has 0 saturated heterocycles. The van der Waals surface area contributed by atoms with E-state index in [0.717, 1.165) is 15.6 Å². The van der Waals surface area contributed by atoms with Gasteiger partial charge in [0.25, 0.3) is 5.56 Å². The van der Waals surface area contributed by atoms with Crippen molar-refractivity contribution in [3.8, 4) is 11.4 Å². The summed E-state index contributed by atoms with van der Waals surface area (Å²) in [6.45, 7) is 1.99. The van der Waals surface area contributed by atoms with Crippen LogP contribution in [0, 0.1) is 6.92 Å². The number of nitrogens with two attached hydrogens (primary N) is 1. The summed E-state index contributed by atoms with van der Waals surface area (Å²) in [5.41, 5.74) is 7.77. The molecule has 6 nitrogen and oxygen atoms in total. The van der Waals surface area contributed by atoms with Crippen LogP contribution in [0.4, 0.5) is 5.95 Å². The molecule has 0 atom stereocenters. The van der Waals surface area contributed by atoms with Crippen molar-refractivity contribution >= 4 is 33.0 Å².